The predicted molar refractivity (Wildman–Crippen MR) is 81.9 cm³/mol. The van der Waals surface area contributed by atoms with Crippen LogP contribution in [0.2, 0.25) is 5.02 Å². The van der Waals surface area contributed by atoms with E-state index >= 15 is 0 Å². The summed E-state index contributed by atoms with van der Waals surface area (Å²) >= 11 is 8.11. The van der Waals surface area contributed by atoms with Crippen molar-refractivity contribution in [3.05, 3.63) is 28.8 Å². The van der Waals surface area contributed by atoms with Gasteiger partial charge in [0, 0.05) is 6.04 Å². The van der Waals surface area contributed by atoms with Gasteiger partial charge in [-0.2, -0.15) is 11.8 Å². The molecular weight excluding hydrogens is 266 g/mol. The molecule has 2 N–H and O–H groups in total. The lowest BCUT2D eigenvalue weighted by molar-refractivity contribution is 0.319. The van der Waals surface area contributed by atoms with E-state index in [0.717, 1.165) is 42.3 Å². The Morgan fingerprint density at radius 1 is 1.44 bits per heavy atom. The zero-order chi connectivity index (χ0) is 13.4. The molecule has 18 heavy (non-hydrogen) atoms. The van der Waals surface area contributed by atoms with Crippen LogP contribution in [0, 0.1) is 0 Å². The number of thioether (sulfide) groups is 1. The summed E-state index contributed by atoms with van der Waals surface area (Å²) in [5.41, 5.74) is 6.92. The average Bonchev–Trinajstić information content (AvgIpc) is 2.30. The first-order chi connectivity index (χ1) is 8.63. The highest BCUT2D eigenvalue weighted by Gasteiger charge is 2.04. The van der Waals surface area contributed by atoms with Crippen LogP contribution in [-0.4, -0.2) is 24.2 Å². The van der Waals surface area contributed by atoms with E-state index in [1.165, 1.54) is 0 Å². The predicted octanol–water partition coefficient (Wildman–Crippen LogP) is 3.75. The van der Waals surface area contributed by atoms with Gasteiger partial charge in [0.05, 0.1) is 11.6 Å². The van der Waals surface area contributed by atoms with E-state index < -0.39 is 0 Å². The normalized spacial score (nSPS) is 12.4. The van der Waals surface area contributed by atoms with Crippen molar-refractivity contribution >= 4 is 23.4 Å². The van der Waals surface area contributed by atoms with Crippen molar-refractivity contribution in [1.29, 1.82) is 0 Å². The largest absolute Gasteiger partial charge is 0.492 e. The van der Waals surface area contributed by atoms with E-state index in [1.54, 1.807) is 0 Å². The summed E-state index contributed by atoms with van der Waals surface area (Å²) in [6, 6.07) is 6.07. The van der Waals surface area contributed by atoms with Crippen LogP contribution >= 0.6 is 23.4 Å². The molecule has 0 saturated carbocycles. The lowest BCUT2D eigenvalue weighted by atomic mass is 10.1. The molecule has 0 aromatic heterocycles. The molecule has 0 amide bonds. The molecular formula is C14H22ClNOS. The molecule has 0 bridgehead atoms. The molecule has 102 valence electrons. The summed E-state index contributed by atoms with van der Waals surface area (Å²) in [4.78, 5) is 0. The number of halogens is 1. The van der Waals surface area contributed by atoms with Crippen molar-refractivity contribution in [2.24, 2.45) is 5.73 Å². The zero-order valence-electron chi connectivity index (χ0n) is 11.1. The Kier molecular flexibility index (Phi) is 7.56. The number of nitrogens with two attached hydrogens (primary N) is 1. The zero-order valence-corrected chi connectivity index (χ0v) is 12.7. The van der Waals surface area contributed by atoms with Gasteiger partial charge >= 0.3 is 0 Å². The van der Waals surface area contributed by atoms with E-state index in [9.17, 15) is 0 Å². The van der Waals surface area contributed by atoms with Crippen LogP contribution in [-0.2, 0) is 6.42 Å². The first-order valence-corrected chi connectivity index (χ1v) is 7.91. The minimum atomic E-state index is 0.152. The van der Waals surface area contributed by atoms with E-state index in [2.05, 4.69) is 6.92 Å². The summed E-state index contributed by atoms with van der Waals surface area (Å²) < 4.78 is 5.67. The third-order valence-electron chi connectivity index (χ3n) is 2.45. The summed E-state index contributed by atoms with van der Waals surface area (Å²) in [6.45, 7) is 4.88. The molecule has 2 nitrogen and oxygen atoms in total. The summed E-state index contributed by atoms with van der Waals surface area (Å²) in [5.74, 6) is 3.07. The Bertz CT molecular complexity index is 358. The van der Waals surface area contributed by atoms with Gasteiger partial charge in [-0.15, -0.1) is 0 Å². The molecule has 0 heterocycles. The molecule has 0 spiro atoms. The van der Waals surface area contributed by atoms with Gasteiger partial charge in [0.2, 0.25) is 0 Å². The summed E-state index contributed by atoms with van der Waals surface area (Å²) in [7, 11) is 0. The van der Waals surface area contributed by atoms with Crippen LogP contribution in [0.4, 0.5) is 0 Å². The maximum absolute atomic E-state index is 6.18. The van der Waals surface area contributed by atoms with Gasteiger partial charge in [0.1, 0.15) is 5.75 Å². The number of hydrogen-bond acceptors (Lipinski definition) is 3. The highest BCUT2D eigenvalue weighted by molar-refractivity contribution is 7.99. The highest BCUT2D eigenvalue weighted by Crippen LogP contribution is 2.26. The third-order valence-corrected chi connectivity index (χ3v) is 3.73. The summed E-state index contributed by atoms with van der Waals surface area (Å²) in [6.07, 6.45) is 1.89. The summed E-state index contributed by atoms with van der Waals surface area (Å²) in [5, 5.41) is 0.677. The SMILES string of the molecule is CCSCCCOc1ccc(CC(C)N)cc1Cl. The first kappa shape index (κ1) is 15.7. The first-order valence-electron chi connectivity index (χ1n) is 6.38. The number of rotatable bonds is 8. The fourth-order valence-corrected chi connectivity index (χ4v) is 2.52. The van der Waals surface area contributed by atoms with E-state index in [-0.39, 0.29) is 6.04 Å². The van der Waals surface area contributed by atoms with Crippen LogP contribution in [0.25, 0.3) is 0 Å². The Morgan fingerprint density at radius 2 is 2.22 bits per heavy atom. The van der Waals surface area contributed by atoms with E-state index in [0.29, 0.717) is 5.02 Å². The highest BCUT2D eigenvalue weighted by atomic mass is 35.5. The van der Waals surface area contributed by atoms with Crippen LogP contribution in [0.1, 0.15) is 25.8 Å². The second kappa shape index (κ2) is 8.68. The van der Waals surface area contributed by atoms with Gasteiger partial charge in [-0.05, 0) is 49.0 Å². The van der Waals surface area contributed by atoms with Crippen molar-refractivity contribution in [2.45, 2.75) is 32.7 Å². The molecule has 0 saturated heterocycles. The van der Waals surface area contributed by atoms with Crippen molar-refractivity contribution < 1.29 is 4.74 Å². The third kappa shape index (κ3) is 5.98. The fraction of sp³-hybridized carbons (Fsp3) is 0.571. The maximum atomic E-state index is 6.18. The second-order valence-electron chi connectivity index (χ2n) is 4.35. The topological polar surface area (TPSA) is 35.2 Å². The van der Waals surface area contributed by atoms with Gasteiger partial charge in [-0.1, -0.05) is 24.6 Å². The molecule has 4 heteroatoms. The van der Waals surface area contributed by atoms with Crippen LogP contribution < -0.4 is 10.5 Å². The smallest absolute Gasteiger partial charge is 0.137 e. The van der Waals surface area contributed by atoms with Crippen LogP contribution in [0.15, 0.2) is 18.2 Å². The molecule has 1 rings (SSSR count). The van der Waals surface area contributed by atoms with Gasteiger partial charge in [-0.25, -0.2) is 0 Å². The molecule has 1 aromatic carbocycles. The maximum Gasteiger partial charge on any atom is 0.137 e. The lowest BCUT2D eigenvalue weighted by Gasteiger charge is -2.10. The monoisotopic (exact) mass is 287 g/mol. The van der Waals surface area contributed by atoms with Crippen LogP contribution in [0.5, 0.6) is 5.75 Å². The van der Waals surface area contributed by atoms with Crippen molar-refractivity contribution in [1.82, 2.24) is 0 Å². The Hall–Kier alpha value is -0.380. The lowest BCUT2D eigenvalue weighted by Crippen LogP contribution is -2.17. The molecule has 0 aliphatic rings. The van der Waals surface area contributed by atoms with Gasteiger partial charge < -0.3 is 10.5 Å². The minimum absolute atomic E-state index is 0.152. The van der Waals surface area contributed by atoms with Crippen molar-refractivity contribution in [3.63, 3.8) is 0 Å². The molecule has 1 unspecified atom stereocenters. The van der Waals surface area contributed by atoms with Crippen molar-refractivity contribution in [3.8, 4) is 5.75 Å². The van der Waals surface area contributed by atoms with Gasteiger partial charge in [0.15, 0.2) is 0 Å². The fourth-order valence-electron chi connectivity index (χ4n) is 1.65. The number of benzene rings is 1. The Balaban J connectivity index is 2.42. The molecule has 1 aromatic rings. The molecule has 0 aliphatic heterocycles. The minimum Gasteiger partial charge on any atom is -0.492 e. The Morgan fingerprint density at radius 3 is 2.83 bits per heavy atom. The number of hydrogen-bond donors (Lipinski definition) is 1. The van der Waals surface area contributed by atoms with Gasteiger partial charge in [0.25, 0.3) is 0 Å². The van der Waals surface area contributed by atoms with E-state index in [1.807, 2.05) is 36.9 Å². The standard InChI is InChI=1S/C14H22ClNOS/c1-3-18-8-4-7-17-14-6-5-12(9-11(2)16)10-13(14)15/h5-6,10-11H,3-4,7-9,16H2,1-2H3. The molecule has 0 fully saturated rings. The Labute approximate surface area is 119 Å². The average molecular weight is 288 g/mol. The second-order valence-corrected chi connectivity index (χ2v) is 6.15. The van der Waals surface area contributed by atoms with Gasteiger partial charge in [-0.3, -0.25) is 0 Å². The molecule has 1 atom stereocenters. The van der Waals surface area contributed by atoms with E-state index in [4.69, 9.17) is 22.1 Å². The number of ether oxygens (including phenoxy) is 1. The quantitative estimate of drug-likeness (QED) is 0.740. The molecule has 0 aliphatic carbocycles. The molecule has 0 radical (unpaired) electrons. The van der Waals surface area contributed by atoms with Crippen molar-refractivity contribution in [2.75, 3.05) is 18.1 Å². The van der Waals surface area contributed by atoms with Crippen LogP contribution in [0.3, 0.4) is 0 Å².